The largest absolute Gasteiger partial charge is 0.305 e. The number of rotatable bonds is 2. The van der Waals surface area contributed by atoms with Crippen molar-refractivity contribution in [2.75, 3.05) is 7.11 Å². The van der Waals surface area contributed by atoms with Crippen LogP contribution in [0.1, 0.15) is 25.7 Å². The molecule has 0 bridgehead atoms. The maximum atomic E-state index is 4.78. The van der Waals surface area contributed by atoms with E-state index in [1.165, 1.54) is 25.7 Å². The lowest BCUT2D eigenvalue weighted by atomic mass is 10.3. The molecule has 1 aliphatic rings. The first-order valence-corrected chi connectivity index (χ1v) is 3.22. The molecule has 0 amide bonds. The summed E-state index contributed by atoms with van der Waals surface area (Å²) in [5.74, 6) is 0. The van der Waals surface area contributed by atoms with Gasteiger partial charge in [-0.25, -0.2) is 0 Å². The van der Waals surface area contributed by atoms with Gasteiger partial charge < -0.3 is 4.84 Å². The quantitative estimate of drug-likeness (QED) is 0.604. The second-order valence-corrected chi connectivity index (χ2v) is 2.30. The Morgan fingerprint density at radius 2 is 1.89 bits per heavy atom. The van der Waals surface area contributed by atoms with E-state index in [9.17, 15) is 0 Å². The predicted molar refractivity (Wildman–Crippen MR) is 39.6 cm³/mol. The maximum Gasteiger partial charge on any atom is 0.0572 e. The SMILES string of the molecule is CONC1CCCC1.Cl. The molecule has 9 heavy (non-hydrogen) atoms. The van der Waals surface area contributed by atoms with Crippen LogP contribution in [0.25, 0.3) is 0 Å². The van der Waals surface area contributed by atoms with Crippen molar-refractivity contribution in [3.05, 3.63) is 0 Å². The zero-order chi connectivity index (χ0) is 5.82. The first kappa shape index (κ1) is 9.21. The highest BCUT2D eigenvalue weighted by Crippen LogP contribution is 2.16. The molecule has 56 valence electrons. The van der Waals surface area contributed by atoms with Gasteiger partial charge in [0.2, 0.25) is 0 Å². The van der Waals surface area contributed by atoms with Crippen LogP contribution in [0.5, 0.6) is 0 Å². The summed E-state index contributed by atoms with van der Waals surface area (Å²) in [6, 6.07) is 0.639. The third kappa shape index (κ3) is 3.04. The molecule has 0 aromatic carbocycles. The lowest BCUT2D eigenvalue weighted by molar-refractivity contribution is 0.0628. The summed E-state index contributed by atoms with van der Waals surface area (Å²) >= 11 is 0. The molecule has 1 N–H and O–H groups in total. The Morgan fingerprint density at radius 1 is 1.33 bits per heavy atom. The van der Waals surface area contributed by atoms with E-state index in [0.717, 1.165) is 0 Å². The van der Waals surface area contributed by atoms with Crippen LogP contribution in [0.2, 0.25) is 0 Å². The molecule has 1 aliphatic carbocycles. The number of hydroxylamine groups is 1. The van der Waals surface area contributed by atoms with Crippen molar-refractivity contribution < 1.29 is 4.84 Å². The Morgan fingerprint density at radius 3 is 2.33 bits per heavy atom. The summed E-state index contributed by atoms with van der Waals surface area (Å²) in [6.45, 7) is 0. The second-order valence-electron chi connectivity index (χ2n) is 2.30. The van der Waals surface area contributed by atoms with Crippen LogP contribution in [0.15, 0.2) is 0 Å². The average molecular weight is 152 g/mol. The Labute approximate surface area is 62.3 Å². The summed E-state index contributed by atoms with van der Waals surface area (Å²) in [4.78, 5) is 4.78. The topological polar surface area (TPSA) is 21.3 Å². The summed E-state index contributed by atoms with van der Waals surface area (Å²) in [5, 5.41) is 0. The number of halogens is 1. The minimum Gasteiger partial charge on any atom is -0.305 e. The van der Waals surface area contributed by atoms with Gasteiger partial charge in [0.25, 0.3) is 0 Å². The van der Waals surface area contributed by atoms with E-state index in [0.29, 0.717) is 6.04 Å². The molecule has 0 aromatic heterocycles. The standard InChI is InChI=1S/C6H13NO.ClH/c1-8-7-6-4-2-3-5-6;/h6-7H,2-5H2,1H3;1H. The summed E-state index contributed by atoms with van der Waals surface area (Å²) in [7, 11) is 1.68. The lowest BCUT2D eigenvalue weighted by Gasteiger charge is -2.06. The van der Waals surface area contributed by atoms with E-state index in [4.69, 9.17) is 4.84 Å². The first-order chi connectivity index (χ1) is 3.93. The minimum atomic E-state index is 0. The molecule has 0 unspecified atom stereocenters. The van der Waals surface area contributed by atoms with Crippen molar-refractivity contribution in [2.45, 2.75) is 31.7 Å². The van der Waals surface area contributed by atoms with Crippen LogP contribution >= 0.6 is 12.4 Å². The van der Waals surface area contributed by atoms with Gasteiger partial charge in [-0.1, -0.05) is 12.8 Å². The molecule has 0 aromatic rings. The monoisotopic (exact) mass is 151 g/mol. The Hall–Kier alpha value is 0.210. The Balaban J connectivity index is 0.000000640. The van der Waals surface area contributed by atoms with Gasteiger partial charge in [-0.3, -0.25) is 0 Å². The molecule has 1 fully saturated rings. The first-order valence-electron chi connectivity index (χ1n) is 3.22. The van der Waals surface area contributed by atoms with Crippen molar-refractivity contribution >= 4 is 12.4 Å². The molecule has 0 heterocycles. The molecule has 1 rings (SSSR count). The van der Waals surface area contributed by atoms with Crippen LogP contribution in [-0.2, 0) is 4.84 Å². The summed E-state index contributed by atoms with van der Waals surface area (Å²) < 4.78 is 0. The number of hydrogen-bond acceptors (Lipinski definition) is 2. The van der Waals surface area contributed by atoms with Gasteiger partial charge in [-0.15, -0.1) is 12.4 Å². The fourth-order valence-corrected chi connectivity index (χ4v) is 1.21. The van der Waals surface area contributed by atoms with Gasteiger partial charge >= 0.3 is 0 Å². The van der Waals surface area contributed by atoms with Crippen molar-refractivity contribution in [3.8, 4) is 0 Å². The highest BCUT2D eigenvalue weighted by molar-refractivity contribution is 5.85. The highest BCUT2D eigenvalue weighted by atomic mass is 35.5. The molecule has 0 atom stereocenters. The highest BCUT2D eigenvalue weighted by Gasteiger charge is 2.12. The normalized spacial score (nSPS) is 19.7. The second kappa shape index (κ2) is 5.03. The van der Waals surface area contributed by atoms with E-state index in [2.05, 4.69) is 5.48 Å². The fraction of sp³-hybridized carbons (Fsp3) is 1.00. The fourth-order valence-electron chi connectivity index (χ4n) is 1.21. The predicted octanol–water partition coefficient (Wildman–Crippen LogP) is 1.50. The number of hydrogen-bond donors (Lipinski definition) is 1. The van der Waals surface area contributed by atoms with E-state index in [1.54, 1.807) is 7.11 Å². The van der Waals surface area contributed by atoms with Crippen molar-refractivity contribution in [2.24, 2.45) is 0 Å². The van der Waals surface area contributed by atoms with Crippen LogP contribution < -0.4 is 5.48 Å². The van der Waals surface area contributed by atoms with Gasteiger partial charge in [0.05, 0.1) is 7.11 Å². The zero-order valence-electron chi connectivity index (χ0n) is 5.72. The molecular formula is C6H14ClNO. The van der Waals surface area contributed by atoms with E-state index in [1.807, 2.05) is 0 Å². The molecule has 3 heteroatoms. The van der Waals surface area contributed by atoms with Gasteiger partial charge in [0, 0.05) is 6.04 Å². The molecule has 0 aliphatic heterocycles. The lowest BCUT2D eigenvalue weighted by Crippen LogP contribution is -2.24. The van der Waals surface area contributed by atoms with E-state index in [-0.39, 0.29) is 12.4 Å². The average Bonchev–Trinajstić information content (AvgIpc) is 2.19. The van der Waals surface area contributed by atoms with E-state index < -0.39 is 0 Å². The van der Waals surface area contributed by atoms with Gasteiger partial charge in [-0.2, -0.15) is 5.48 Å². The van der Waals surface area contributed by atoms with Crippen molar-refractivity contribution in [1.82, 2.24) is 5.48 Å². The van der Waals surface area contributed by atoms with Gasteiger partial charge in [0.1, 0.15) is 0 Å². The van der Waals surface area contributed by atoms with Gasteiger partial charge in [0.15, 0.2) is 0 Å². The van der Waals surface area contributed by atoms with Crippen LogP contribution in [0, 0.1) is 0 Å². The summed E-state index contributed by atoms with van der Waals surface area (Å²) in [5.41, 5.74) is 2.94. The number of nitrogens with one attached hydrogen (secondary N) is 1. The Bertz CT molecular complexity index is 64.1. The third-order valence-corrected chi connectivity index (χ3v) is 1.64. The van der Waals surface area contributed by atoms with Crippen LogP contribution in [0.3, 0.4) is 0 Å². The zero-order valence-corrected chi connectivity index (χ0v) is 6.54. The van der Waals surface area contributed by atoms with Gasteiger partial charge in [-0.05, 0) is 12.8 Å². The molecule has 0 spiro atoms. The molecular weight excluding hydrogens is 138 g/mol. The molecule has 2 nitrogen and oxygen atoms in total. The van der Waals surface area contributed by atoms with Crippen molar-refractivity contribution in [1.29, 1.82) is 0 Å². The molecule has 1 saturated carbocycles. The maximum absolute atomic E-state index is 4.78. The summed E-state index contributed by atoms with van der Waals surface area (Å²) in [6.07, 6.45) is 5.30. The minimum absolute atomic E-state index is 0. The molecule has 0 radical (unpaired) electrons. The van der Waals surface area contributed by atoms with Crippen LogP contribution in [-0.4, -0.2) is 13.2 Å². The van der Waals surface area contributed by atoms with Crippen LogP contribution in [0.4, 0.5) is 0 Å². The smallest absolute Gasteiger partial charge is 0.0572 e. The van der Waals surface area contributed by atoms with Crippen molar-refractivity contribution in [3.63, 3.8) is 0 Å². The Kier molecular flexibility index (Phi) is 5.15. The third-order valence-electron chi connectivity index (χ3n) is 1.64. The van der Waals surface area contributed by atoms with E-state index >= 15 is 0 Å². The molecule has 0 saturated heterocycles.